The van der Waals surface area contributed by atoms with Crippen LogP contribution in [0.15, 0.2) is 0 Å². The van der Waals surface area contributed by atoms with Gasteiger partial charge in [0.25, 0.3) is 0 Å². The van der Waals surface area contributed by atoms with Gasteiger partial charge in [0.2, 0.25) is 0 Å². The largest absolute Gasteiger partial charge is 0.468 e. The van der Waals surface area contributed by atoms with Crippen molar-refractivity contribution in [1.29, 1.82) is 0 Å². The molecule has 0 aliphatic heterocycles. The molecule has 0 radical (unpaired) electrons. The van der Waals surface area contributed by atoms with E-state index >= 15 is 0 Å². The summed E-state index contributed by atoms with van der Waals surface area (Å²) >= 11 is 1.26. The van der Waals surface area contributed by atoms with E-state index in [-0.39, 0.29) is 17.5 Å². The number of methoxy groups -OCH3 is 1. The number of carbonyl (C=O) groups excluding carboxylic acids is 1. The van der Waals surface area contributed by atoms with Crippen molar-refractivity contribution in [3.05, 3.63) is 0 Å². The van der Waals surface area contributed by atoms with Gasteiger partial charge in [-0.05, 0) is 0 Å². The molecule has 0 aromatic rings. The highest BCUT2D eigenvalue weighted by molar-refractivity contribution is 8.01. The number of hydrogen-bond acceptors (Lipinski definition) is 5. The number of sulfone groups is 1. The molecule has 0 saturated carbocycles. The van der Waals surface area contributed by atoms with Gasteiger partial charge in [-0.1, -0.05) is 0 Å². The fraction of sp³-hybridized carbons (Fsp3) is 0.833. The molecule has 0 saturated heterocycles. The Labute approximate surface area is 76.6 Å². The van der Waals surface area contributed by atoms with E-state index in [0.717, 1.165) is 0 Å². The lowest BCUT2D eigenvalue weighted by Gasteiger charge is -1.98. The Morgan fingerprint density at radius 1 is 1.50 bits per heavy atom. The summed E-state index contributed by atoms with van der Waals surface area (Å²) < 4.78 is 25.6. The minimum atomic E-state index is -2.90. The fourth-order valence-electron chi connectivity index (χ4n) is 0.425. The molecule has 0 amide bonds. The Hall–Kier alpha value is -0.230. The first-order chi connectivity index (χ1) is 5.45. The Morgan fingerprint density at radius 2 is 2.08 bits per heavy atom. The third-order valence-corrected chi connectivity index (χ3v) is 3.18. The van der Waals surface area contributed by atoms with Crippen molar-refractivity contribution < 1.29 is 17.9 Å². The van der Waals surface area contributed by atoms with Crippen molar-refractivity contribution in [2.24, 2.45) is 0 Å². The zero-order chi connectivity index (χ0) is 9.61. The minimum absolute atomic E-state index is 0.106. The smallest absolute Gasteiger partial charge is 0.315 e. The van der Waals surface area contributed by atoms with Crippen molar-refractivity contribution >= 4 is 27.6 Å². The lowest BCUT2D eigenvalue weighted by molar-refractivity contribution is -0.137. The van der Waals surface area contributed by atoms with E-state index in [1.807, 2.05) is 0 Å². The van der Waals surface area contributed by atoms with E-state index in [0.29, 0.717) is 5.75 Å². The standard InChI is InChI=1S/C6H12O4S2/c1-10-6(7)5-11-3-4-12(2,8)9/h3-5H2,1-2H3. The highest BCUT2D eigenvalue weighted by Gasteiger charge is 2.04. The minimum Gasteiger partial charge on any atom is -0.468 e. The van der Waals surface area contributed by atoms with Crippen molar-refractivity contribution in [2.45, 2.75) is 0 Å². The number of thioether (sulfide) groups is 1. The molecular formula is C6H12O4S2. The molecule has 0 aromatic carbocycles. The summed E-state index contributed by atoms with van der Waals surface area (Å²) in [6.45, 7) is 0. The number of carbonyl (C=O) groups is 1. The molecule has 0 aliphatic carbocycles. The van der Waals surface area contributed by atoms with E-state index in [1.54, 1.807) is 0 Å². The van der Waals surface area contributed by atoms with Gasteiger partial charge in [-0.2, -0.15) is 0 Å². The summed E-state index contributed by atoms with van der Waals surface area (Å²) in [4.78, 5) is 10.5. The van der Waals surface area contributed by atoms with Crippen LogP contribution in [0.2, 0.25) is 0 Å². The summed E-state index contributed by atoms with van der Waals surface area (Å²) in [5, 5.41) is 0. The highest BCUT2D eigenvalue weighted by atomic mass is 32.2. The molecule has 0 N–H and O–H groups in total. The number of esters is 1. The first-order valence-corrected chi connectivity index (χ1v) is 6.49. The topological polar surface area (TPSA) is 60.4 Å². The zero-order valence-electron chi connectivity index (χ0n) is 7.07. The predicted octanol–water partition coefficient (Wildman–Crippen LogP) is -0.0628. The molecule has 0 atom stereocenters. The molecule has 0 bridgehead atoms. The molecule has 0 rings (SSSR count). The maximum Gasteiger partial charge on any atom is 0.315 e. The van der Waals surface area contributed by atoms with Crippen molar-refractivity contribution in [1.82, 2.24) is 0 Å². The van der Waals surface area contributed by atoms with Crippen molar-refractivity contribution in [3.8, 4) is 0 Å². The number of ether oxygens (including phenoxy) is 1. The quantitative estimate of drug-likeness (QED) is 0.472. The Bertz CT molecular complexity index is 232. The molecular weight excluding hydrogens is 200 g/mol. The summed E-state index contributed by atoms with van der Waals surface area (Å²) in [5.74, 6) is 0.433. The SMILES string of the molecule is COC(=O)CSCCS(C)(=O)=O. The molecule has 0 fully saturated rings. The van der Waals surface area contributed by atoms with Gasteiger partial charge in [-0.15, -0.1) is 11.8 Å². The second-order valence-electron chi connectivity index (χ2n) is 2.26. The fourth-order valence-corrected chi connectivity index (χ4v) is 2.54. The summed E-state index contributed by atoms with van der Waals surface area (Å²) in [5.41, 5.74) is 0. The monoisotopic (exact) mass is 212 g/mol. The summed E-state index contributed by atoms with van der Waals surface area (Å²) in [6, 6.07) is 0. The first-order valence-electron chi connectivity index (χ1n) is 3.28. The average Bonchev–Trinajstić information content (AvgIpc) is 1.96. The Morgan fingerprint density at radius 3 is 2.50 bits per heavy atom. The number of rotatable bonds is 5. The molecule has 4 nitrogen and oxygen atoms in total. The summed E-state index contributed by atoms with van der Waals surface area (Å²) in [6.07, 6.45) is 1.17. The van der Waals surface area contributed by atoms with E-state index in [9.17, 15) is 13.2 Å². The third-order valence-electron chi connectivity index (χ3n) is 1.05. The van der Waals surface area contributed by atoms with Crippen LogP contribution in [-0.2, 0) is 19.4 Å². The average molecular weight is 212 g/mol. The van der Waals surface area contributed by atoms with Gasteiger partial charge >= 0.3 is 5.97 Å². The van der Waals surface area contributed by atoms with Gasteiger partial charge in [0.15, 0.2) is 0 Å². The van der Waals surface area contributed by atoms with Crippen LogP contribution >= 0.6 is 11.8 Å². The molecule has 0 aliphatic rings. The predicted molar refractivity (Wildman–Crippen MR) is 49.1 cm³/mol. The van der Waals surface area contributed by atoms with Gasteiger partial charge in [-0.25, -0.2) is 8.42 Å². The maximum absolute atomic E-state index is 10.6. The first kappa shape index (κ1) is 11.8. The Kier molecular flexibility index (Phi) is 5.32. The van der Waals surface area contributed by atoms with Crippen LogP contribution in [0.1, 0.15) is 0 Å². The second kappa shape index (κ2) is 5.42. The molecule has 0 unspecified atom stereocenters. The van der Waals surface area contributed by atoms with E-state index in [1.165, 1.54) is 25.1 Å². The molecule has 0 aromatic heterocycles. The van der Waals surface area contributed by atoms with Crippen LogP contribution in [0.25, 0.3) is 0 Å². The second-order valence-corrected chi connectivity index (χ2v) is 5.62. The van der Waals surface area contributed by atoms with E-state index in [2.05, 4.69) is 4.74 Å². The molecule has 12 heavy (non-hydrogen) atoms. The summed E-state index contributed by atoms with van der Waals surface area (Å²) in [7, 11) is -1.60. The molecule has 0 spiro atoms. The van der Waals surface area contributed by atoms with Gasteiger partial charge in [-0.3, -0.25) is 4.79 Å². The lowest BCUT2D eigenvalue weighted by Crippen LogP contribution is -2.08. The van der Waals surface area contributed by atoms with Gasteiger partial charge < -0.3 is 4.74 Å². The van der Waals surface area contributed by atoms with Crippen molar-refractivity contribution in [2.75, 3.05) is 30.6 Å². The van der Waals surface area contributed by atoms with Crippen LogP contribution in [-0.4, -0.2) is 45.0 Å². The van der Waals surface area contributed by atoms with Crippen LogP contribution in [0, 0.1) is 0 Å². The molecule has 6 heteroatoms. The molecule has 0 heterocycles. The normalized spacial score (nSPS) is 11.2. The van der Waals surface area contributed by atoms with Crippen LogP contribution in [0.5, 0.6) is 0 Å². The highest BCUT2D eigenvalue weighted by Crippen LogP contribution is 2.01. The number of hydrogen-bond donors (Lipinski definition) is 0. The zero-order valence-corrected chi connectivity index (χ0v) is 8.70. The van der Waals surface area contributed by atoms with Crippen LogP contribution < -0.4 is 0 Å². The van der Waals surface area contributed by atoms with Crippen LogP contribution in [0.4, 0.5) is 0 Å². The third kappa shape index (κ3) is 7.87. The molecule has 72 valence electrons. The van der Waals surface area contributed by atoms with E-state index in [4.69, 9.17) is 0 Å². The maximum atomic E-state index is 10.6. The van der Waals surface area contributed by atoms with Gasteiger partial charge in [0.05, 0.1) is 18.6 Å². The van der Waals surface area contributed by atoms with Crippen LogP contribution in [0.3, 0.4) is 0 Å². The van der Waals surface area contributed by atoms with Gasteiger partial charge in [0, 0.05) is 12.0 Å². The lowest BCUT2D eigenvalue weighted by atomic mass is 10.8. The van der Waals surface area contributed by atoms with Crippen molar-refractivity contribution in [3.63, 3.8) is 0 Å². The Balaban J connectivity index is 3.40. The van der Waals surface area contributed by atoms with Gasteiger partial charge in [0.1, 0.15) is 9.84 Å². The van der Waals surface area contributed by atoms with E-state index < -0.39 is 9.84 Å².